The van der Waals surface area contributed by atoms with Gasteiger partial charge in [-0.2, -0.15) is 0 Å². The molecule has 7 heteroatoms. The summed E-state index contributed by atoms with van der Waals surface area (Å²) in [4.78, 5) is 14.4. The van der Waals surface area contributed by atoms with E-state index < -0.39 is 10.7 Å². The van der Waals surface area contributed by atoms with Gasteiger partial charge in [-0.25, -0.2) is 4.39 Å². The van der Waals surface area contributed by atoms with Crippen molar-refractivity contribution in [2.75, 3.05) is 19.7 Å². The van der Waals surface area contributed by atoms with E-state index in [1.54, 1.807) is 12.1 Å². The summed E-state index contributed by atoms with van der Waals surface area (Å²) in [5.74, 6) is -0.444. The van der Waals surface area contributed by atoms with Gasteiger partial charge in [0.1, 0.15) is 5.52 Å². The lowest BCUT2D eigenvalue weighted by molar-refractivity contribution is -0.383. The molecule has 1 aliphatic heterocycles. The Labute approximate surface area is 120 Å². The van der Waals surface area contributed by atoms with Crippen LogP contribution in [-0.4, -0.2) is 29.6 Å². The lowest BCUT2D eigenvalue weighted by atomic mass is 10.1. The van der Waals surface area contributed by atoms with Crippen molar-refractivity contribution in [3.8, 4) is 5.75 Å². The highest BCUT2D eigenvalue weighted by atomic mass is 19.1. The zero-order chi connectivity index (χ0) is 14.8. The fourth-order valence-electron chi connectivity index (χ4n) is 2.52. The maximum atomic E-state index is 14.1. The SMILES string of the molecule is O=[N+]([O-])c1cc(F)c(OCC2CCNC2)c2ncccc12. The first-order valence-electron chi connectivity index (χ1n) is 6.72. The number of non-ortho nitro benzene ring substituents is 1. The Balaban J connectivity index is 1.99. The minimum atomic E-state index is -0.751. The van der Waals surface area contributed by atoms with Crippen LogP contribution in [0.15, 0.2) is 24.4 Å². The van der Waals surface area contributed by atoms with Crippen LogP contribution in [0, 0.1) is 21.8 Å². The summed E-state index contributed by atoms with van der Waals surface area (Å²) >= 11 is 0. The number of fused-ring (bicyclic) bond motifs is 1. The summed E-state index contributed by atoms with van der Waals surface area (Å²) in [6.07, 6.45) is 2.44. The highest BCUT2D eigenvalue weighted by molar-refractivity contribution is 5.92. The minimum Gasteiger partial charge on any atom is -0.488 e. The number of aromatic nitrogens is 1. The van der Waals surface area contributed by atoms with Crippen molar-refractivity contribution in [2.45, 2.75) is 6.42 Å². The summed E-state index contributed by atoms with van der Waals surface area (Å²) in [5.41, 5.74) is -0.111. The van der Waals surface area contributed by atoms with Crippen molar-refractivity contribution in [1.29, 1.82) is 0 Å². The van der Waals surface area contributed by atoms with Gasteiger partial charge in [-0.15, -0.1) is 0 Å². The molecule has 1 unspecified atom stereocenters. The minimum absolute atomic E-state index is 0.0110. The number of benzene rings is 1. The summed E-state index contributed by atoms with van der Waals surface area (Å²) in [7, 11) is 0. The van der Waals surface area contributed by atoms with E-state index in [2.05, 4.69) is 10.3 Å². The van der Waals surface area contributed by atoms with E-state index in [0.717, 1.165) is 25.6 Å². The maximum absolute atomic E-state index is 14.1. The predicted octanol–water partition coefficient (Wildman–Crippen LogP) is 2.27. The van der Waals surface area contributed by atoms with Crippen LogP contribution in [0.2, 0.25) is 0 Å². The number of pyridine rings is 1. The van der Waals surface area contributed by atoms with E-state index in [1.807, 2.05) is 0 Å². The number of nitro benzene ring substituents is 1. The Morgan fingerprint density at radius 3 is 3.14 bits per heavy atom. The van der Waals surface area contributed by atoms with Crippen LogP contribution >= 0.6 is 0 Å². The molecule has 1 fully saturated rings. The fourth-order valence-corrected chi connectivity index (χ4v) is 2.52. The molecule has 0 radical (unpaired) electrons. The normalized spacial score (nSPS) is 18.0. The first-order chi connectivity index (χ1) is 10.2. The number of nitrogens with zero attached hydrogens (tertiary/aromatic N) is 2. The molecule has 1 N–H and O–H groups in total. The number of halogens is 1. The molecule has 3 rings (SSSR count). The Bertz CT molecular complexity index is 686. The molecule has 1 atom stereocenters. The predicted molar refractivity (Wildman–Crippen MR) is 74.8 cm³/mol. The van der Waals surface area contributed by atoms with Crippen molar-refractivity contribution in [3.63, 3.8) is 0 Å². The number of hydrogen-bond acceptors (Lipinski definition) is 5. The molecule has 0 aliphatic carbocycles. The molecule has 2 aromatic rings. The number of hydrogen-bond donors (Lipinski definition) is 1. The van der Waals surface area contributed by atoms with Gasteiger partial charge in [0.15, 0.2) is 11.6 Å². The average molecular weight is 291 g/mol. The molecule has 21 heavy (non-hydrogen) atoms. The number of nitrogens with one attached hydrogen (secondary N) is 1. The fraction of sp³-hybridized carbons (Fsp3) is 0.357. The topological polar surface area (TPSA) is 77.3 Å². The first-order valence-corrected chi connectivity index (χ1v) is 6.72. The van der Waals surface area contributed by atoms with E-state index in [-0.39, 0.29) is 22.3 Å². The summed E-state index contributed by atoms with van der Waals surface area (Å²) in [6, 6.07) is 4.02. The molecule has 1 saturated heterocycles. The van der Waals surface area contributed by atoms with Gasteiger partial charge in [0.05, 0.1) is 23.0 Å². The quantitative estimate of drug-likeness (QED) is 0.690. The third kappa shape index (κ3) is 2.64. The smallest absolute Gasteiger partial charge is 0.281 e. The van der Waals surface area contributed by atoms with Crippen molar-refractivity contribution < 1.29 is 14.1 Å². The number of nitro groups is 1. The number of ether oxygens (including phenoxy) is 1. The molecule has 2 heterocycles. The zero-order valence-electron chi connectivity index (χ0n) is 11.2. The molecule has 0 bridgehead atoms. The molecular formula is C14H14FN3O3. The highest BCUT2D eigenvalue weighted by Crippen LogP contribution is 2.34. The lowest BCUT2D eigenvalue weighted by Crippen LogP contribution is -2.16. The van der Waals surface area contributed by atoms with Crippen molar-refractivity contribution in [2.24, 2.45) is 5.92 Å². The van der Waals surface area contributed by atoms with Crippen molar-refractivity contribution >= 4 is 16.6 Å². The van der Waals surface area contributed by atoms with Crippen molar-refractivity contribution in [1.82, 2.24) is 10.3 Å². The van der Waals surface area contributed by atoms with Gasteiger partial charge in [-0.1, -0.05) is 0 Å². The molecule has 1 aliphatic rings. The standard InChI is InChI=1S/C14H14FN3O3/c15-11-6-12(18(19)20)10-2-1-4-17-13(10)14(11)21-8-9-3-5-16-7-9/h1-2,4,6,9,16H,3,5,7-8H2. The molecule has 1 aromatic heterocycles. The average Bonchev–Trinajstić information content (AvgIpc) is 2.98. The zero-order valence-corrected chi connectivity index (χ0v) is 11.2. The van der Waals surface area contributed by atoms with E-state index in [1.165, 1.54) is 6.20 Å². The van der Waals surface area contributed by atoms with Crippen molar-refractivity contribution in [3.05, 3.63) is 40.3 Å². The van der Waals surface area contributed by atoms with E-state index in [9.17, 15) is 14.5 Å². The molecule has 0 saturated carbocycles. The van der Waals surface area contributed by atoms with Gasteiger partial charge in [0.2, 0.25) is 0 Å². The third-order valence-electron chi connectivity index (χ3n) is 3.60. The second-order valence-electron chi connectivity index (χ2n) is 5.03. The summed E-state index contributed by atoms with van der Waals surface area (Å²) in [5, 5.41) is 14.5. The molecular weight excluding hydrogens is 277 g/mol. The van der Waals surface area contributed by atoms with Gasteiger partial charge in [0, 0.05) is 18.7 Å². The number of rotatable bonds is 4. The second-order valence-corrected chi connectivity index (χ2v) is 5.03. The Morgan fingerprint density at radius 2 is 2.43 bits per heavy atom. The van der Waals surface area contributed by atoms with E-state index >= 15 is 0 Å². The van der Waals surface area contributed by atoms with Gasteiger partial charge in [-0.05, 0) is 25.1 Å². The van der Waals surface area contributed by atoms with Crippen LogP contribution in [0.4, 0.5) is 10.1 Å². The molecule has 110 valence electrons. The van der Waals surface area contributed by atoms with Gasteiger partial charge < -0.3 is 10.1 Å². The maximum Gasteiger partial charge on any atom is 0.281 e. The van der Waals surface area contributed by atoms with Crippen LogP contribution in [0.5, 0.6) is 5.75 Å². The van der Waals surface area contributed by atoms with Crippen LogP contribution in [-0.2, 0) is 0 Å². The second kappa shape index (κ2) is 5.61. The third-order valence-corrected chi connectivity index (χ3v) is 3.60. The molecule has 0 amide bonds. The lowest BCUT2D eigenvalue weighted by Gasteiger charge is -2.13. The van der Waals surface area contributed by atoms with E-state index in [4.69, 9.17) is 4.74 Å². The monoisotopic (exact) mass is 291 g/mol. The summed E-state index contributed by atoms with van der Waals surface area (Å²) in [6.45, 7) is 2.13. The molecule has 1 aromatic carbocycles. The van der Waals surface area contributed by atoms with E-state index in [0.29, 0.717) is 12.5 Å². The Kier molecular flexibility index (Phi) is 3.66. The van der Waals surface area contributed by atoms with Crippen LogP contribution in [0.3, 0.4) is 0 Å². The van der Waals surface area contributed by atoms with Gasteiger partial charge in [0.25, 0.3) is 5.69 Å². The van der Waals surface area contributed by atoms with Gasteiger partial charge in [-0.3, -0.25) is 15.1 Å². The van der Waals surface area contributed by atoms with Crippen LogP contribution in [0.25, 0.3) is 10.9 Å². The largest absolute Gasteiger partial charge is 0.488 e. The highest BCUT2D eigenvalue weighted by Gasteiger charge is 2.22. The molecule has 0 spiro atoms. The first kappa shape index (κ1) is 13.7. The molecule has 6 nitrogen and oxygen atoms in total. The van der Waals surface area contributed by atoms with Crippen LogP contribution < -0.4 is 10.1 Å². The Morgan fingerprint density at radius 1 is 1.57 bits per heavy atom. The summed E-state index contributed by atoms with van der Waals surface area (Å²) < 4.78 is 19.7. The van der Waals surface area contributed by atoms with Gasteiger partial charge >= 0.3 is 0 Å². The Hall–Kier alpha value is -2.28. The van der Waals surface area contributed by atoms with Crippen LogP contribution in [0.1, 0.15) is 6.42 Å².